The second-order valence-electron chi connectivity index (χ2n) is 9.48. The molecular formula is C25H22B3N3O6. The highest BCUT2D eigenvalue weighted by Gasteiger charge is 2.50. The first-order valence-corrected chi connectivity index (χ1v) is 11.8. The third-order valence-electron chi connectivity index (χ3n) is 6.85. The predicted molar refractivity (Wildman–Crippen MR) is 134 cm³/mol. The van der Waals surface area contributed by atoms with E-state index in [0.717, 1.165) is 11.1 Å². The van der Waals surface area contributed by atoms with Crippen molar-refractivity contribution in [1.29, 1.82) is 0 Å². The summed E-state index contributed by atoms with van der Waals surface area (Å²) < 4.78 is 11.2. The van der Waals surface area contributed by atoms with Gasteiger partial charge in [0.25, 0.3) is 5.91 Å². The number of benzene rings is 2. The van der Waals surface area contributed by atoms with Gasteiger partial charge in [0.05, 0.1) is 28.8 Å². The number of ether oxygens (including phenoxy) is 2. The van der Waals surface area contributed by atoms with E-state index in [-0.39, 0.29) is 32.1 Å². The Morgan fingerprint density at radius 3 is 2.46 bits per heavy atom. The zero-order valence-corrected chi connectivity index (χ0v) is 20.1. The second-order valence-corrected chi connectivity index (χ2v) is 9.48. The van der Waals surface area contributed by atoms with E-state index in [1.54, 1.807) is 23.1 Å². The number of hydrogen-bond donors (Lipinski definition) is 0. The van der Waals surface area contributed by atoms with Crippen molar-refractivity contribution in [3.05, 3.63) is 64.7 Å². The van der Waals surface area contributed by atoms with Gasteiger partial charge in [-0.3, -0.25) is 19.2 Å². The molecule has 0 saturated carbocycles. The van der Waals surface area contributed by atoms with Crippen molar-refractivity contribution >= 4 is 47.3 Å². The Morgan fingerprint density at radius 2 is 1.73 bits per heavy atom. The quantitative estimate of drug-likeness (QED) is 0.423. The van der Waals surface area contributed by atoms with Gasteiger partial charge in [-0.2, -0.15) is 0 Å². The molecular weight excluding hydrogens is 471 g/mol. The SMILES string of the molecule is [B]N1C(=O)CC([B])([B])C(N2Cc3c(OCc4ccc(CN5CCOCC5=O)cc4)cccc3C2=O)C1=O. The molecule has 9 nitrogen and oxygen atoms in total. The molecule has 2 aromatic rings. The first-order valence-electron chi connectivity index (χ1n) is 11.8. The minimum Gasteiger partial charge on any atom is -0.489 e. The van der Waals surface area contributed by atoms with Crippen LogP contribution in [0.3, 0.4) is 0 Å². The van der Waals surface area contributed by atoms with Crippen LogP contribution in [0.2, 0.25) is 5.21 Å². The largest absolute Gasteiger partial charge is 0.489 e. The van der Waals surface area contributed by atoms with Crippen molar-refractivity contribution in [2.75, 3.05) is 19.8 Å². The highest BCUT2D eigenvalue weighted by molar-refractivity contribution is 6.45. The van der Waals surface area contributed by atoms with Crippen molar-refractivity contribution in [2.45, 2.75) is 37.4 Å². The van der Waals surface area contributed by atoms with E-state index < -0.39 is 29.0 Å². The smallest absolute Gasteiger partial charge is 0.255 e. The standard InChI is InChI=1S/C25H22B3N3O6/c26-25(27)10-20(32)31(28)24(35)22(25)30-12-18-17(23(30)34)2-1-3-19(18)37-13-16-6-4-15(5-7-16)11-29-8-9-36-14-21(29)33/h1-7,22H,8-14H2. The first kappa shape index (κ1) is 25.1. The van der Waals surface area contributed by atoms with Crippen LogP contribution in [0.4, 0.5) is 0 Å². The maximum absolute atomic E-state index is 13.2. The van der Waals surface area contributed by atoms with Crippen LogP contribution in [-0.2, 0) is 38.8 Å². The van der Waals surface area contributed by atoms with E-state index in [2.05, 4.69) is 0 Å². The lowest BCUT2D eigenvalue weighted by atomic mass is 9.47. The Bertz CT molecular complexity index is 1270. The van der Waals surface area contributed by atoms with E-state index in [4.69, 9.17) is 33.1 Å². The van der Waals surface area contributed by atoms with Gasteiger partial charge in [0.15, 0.2) is 0 Å². The van der Waals surface area contributed by atoms with Crippen LogP contribution < -0.4 is 4.74 Å². The van der Waals surface area contributed by atoms with Gasteiger partial charge in [-0.25, -0.2) is 0 Å². The van der Waals surface area contributed by atoms with E-state index in [0.29, 0.717) is 41.4 Å². The summed E-state index contributed by atoms with van der Waals surface area (Å²) in [5.41, 5.74) is 2.86. The third-order valence-corrected chi connectivity index (χ3v) is 6.85. The van der Waals surface area contributed by atoms with Gasteiger partial charge in [-0.1, -0.05) is 35.5 Å². The second kappa shape index (κ2) is 9.74. The number of rotatable bonds is 6. The maximum atomic E-state index is 13.2. The summed E-state index contributed by atoms with van der Waals surface area (Å²) in [5, 5.41) is -1.75. The zero-order chi connectivity index (χ0) is 26.3. The lowest BCUT2D eigenvalue weighted by Gasteiger charge is -2.45. The van der Waals surface area contributed by atoms with E-state index in [9.17, 15) is 19.2 Å². The van der Waals surface area contributed by atoms with Crippen LogP contribution in [0.25, 0.3) is 0 Å². The van der Waals surface area contributed by atoms with Gasteiger partial charge < -0.3 is 24.1 Å². The fraction of sp³-hybridized carbons (Fsp3) is 0.360. The van der Waals surface area contributed by atoms with E-state index in [1.165, 1.54) is 4.90 Å². The number of carbonyl (C=O) groups excluding carboxylic acids is 4. The van der Waals surface area contributed by atoms with Gasteiger partial charge in [-0.05, 0) is 23.3 Å². The van der Waals surface area contributed by atoms with Crippen LogP contribution in [0, 0.1) is 0 Å². The van der Waals surface area contributed by atoms with E-state index >= 15 is 0 Å². The molecule has 1 atom stereocenters. The van der Waals surface area contributed by atoms with Gasteiger partial charge >= 0.3 is 0 Å². The third kappa shape index (κ3) is 4.77. The van der Waals surface area contributed by atoms with Crippen molar-refractivity contribution in [1.82, 2.24) is 14.6 Å². The molecule has 3 heterocycles. The van der Waals surface area contributed by atoms with Gasteiger partial charge in [0.1, 0.15) is 25.0 Å². The molecule has 5 rings (SSSR count). The average molecular weight is 493 g/mol. The molecule has 2 saturated heterocycles. The predicted octanol–water partition coefficient (Wildman–Crippen LogP) is 0.244. The molecule has 0 spiro atoms. The summed E-state index contributed by atoms with van der Waals surface area (Å²) >= 11 is 0. The number of imide groups is 1. The first-order chi connectivity index (χ1) is 17.7. The lowest BCUT2D eigenvalue weighted by Crippen LogP contribution is -2.60. The number of fused-ring (bicyclic) bond motifs is 1. The Kier molecular flexibility index (Phi) is 6.62. The number of piperidine rings is 1. The molecule has 37 heavy (non-hydrogen) atoms. The van der Waals surface area contributed by atoms with Crippen LogP contribution in [0.15, 0.2) is 42.5 Å². The summed E-state index contributed by atoms with van der Waals surface area (Å²) in [6.07, 6.45) is -0.376. The van der Waals surface area contributed by atoms with Crippen LogP contribution >= 0.6 is 0 Å². The Labute approximate surface area is 218 Å². The molecule has 4 amide bonds. The fourth-order valence-electron chi connectivity index (χ4n) is 4.86. The highest BCUT2D eigenvalue weighted by Crippen LogP contribution is 2.41. The molecule has 2 aromatic carbocycles. The molecule has 1 unspecified atom stereocenters. The lowest BCUT2D eigenvalue weighted by molar-refractivity contribution is -0.146. The summed E-state index contributed by atoms with van der Waals surface area (Å²) in [7, 11) is 17.8. The molecule has 182 valence electrons. The number of amides is 4. The minimum atomic E-state index is -1.75. The van der Waals surface area contributed by atoms with Crippen LogP contribution in [0.5, 0.6) is 5.75 Å². The normalized spacial score (nSPS) is 21.4. The molecule has 0 N–H and O–H groups in total. The van der Waals surface area contributed by atoms with E-state index in [1.807, 2.05) is 24.3 Å². The number of hydrogen-bond acceptors (Lipinski definition) is 6. The molecule has 2 fully saturated rings. The highest BCUT2D eigenvalue weighted by atomic mass is 16.5. The van der Waals surface area contributed by atoms with Gasteiger partial charge in [0, 0.05) is 30.6 Å². The van der Waals surface area contributed by atoms with Gasteiger partial charge in [-0.15, -0.1) is 0 Å². The molecule has 3 aliphatic rings. The van der Waals surface area contributed by atoms with Crippen molar-refractivity contribution in [3.8, 4) is 5.75 Å². The minimum absolute atomic E-state index is 0.0256. The molecule has 3 aliphatic heterocycles. The van der Waals surface area contributed by atoms with Crippen LogP contribution in [0.1, 0.15) is 33.5 Å². The molecule has 0 bridgehead atoms. The number of morpholine rings is 1. The molecule has 6 radical (unpaired) electrons. The van der Waals surface area contributed by atoms with Crippen molar-refractivity contribution in [2.24, 2.45) is 0 Å². The monoisotopic (exact) mass is 493 g/mol. The maximum Gasteiger partial charge on any atom is 0.255 e. The van der Waals surface area contributed by atoms with Crippen LogP contribution in [-0.4, -0.2) is 87.7 Å². The zero-order valence-electron chi connectivity index (χ0n) is 20.1. The van der Waals surface area contributed by atoms with Gasteiger partial charge in [0.2, 0.25) is 25.7 Å². The number of nitrogens with zero attached hydrogens (tertiary/aromatic N) is 3. The fourth-order valence-corrected chi connectivity index (χ4v) is 4.86. The molecule has 0 aliphatic carbocycles. The molecule has 0 aromatic heterocycles. The Hall–Kier alpha value is -3.53. The average Bonchev–Trinajstić information content (AvgIpc) is 3.19. The van der Waals surface area contributed by atoms with Crippen molar-refractivity contribution < 1.29 is 28.7 Å². The summed E-state index contributed by atoms with van der Waals surface area (Å²) in [5.74, 6) is -1.52. The summed E-state index contributed by atoms with van der Waals surface area (Å²) in [6, 6.07) is 11.5. The Morgan fingerprint density at radius 1 is 1.00 bits per heavy atom. The summed E-state index contributed by atoms with van der Waals surface area (Å²) in [4.78, 5) is 53.3. The topological polar surface area (TPSA) is 96.5 Å². The summed E-state index contributed by atoms with van der Waals surface area (Å²) in [6.45, 7) is 2.01. The van der Waals surface area contributed by atoms with Crippen molar-refractivity contribution in [3.63, 3.8) is 0 Å². The Balaban J connectivity index is 1.28. The number of carbonyl (C=O) groups is 4. The molecule has 12 heteroatoms.